The summed E-state index contributed by atoms with van der Waals surface area (Å²) in [5.41, 5.74) is 0. The van der Waals surface area contributed by atoms with Crippen LogP contribution in [0, 0.1) is 64.5 Å². The molecule has 0 aliphatic heterocycles. The average molecular weight is 529 g/mol. The molecule has 124 valence electrons. The normalized spacial score (nSPS) is 10.2. The second kappa shape index (κ2) is 21.0. The van der Waals surface area contributed by atoms with Gasteiger partial charge in [0.1, 0.15) is 0 Å². The third-order valence-electron chi connectivity index (χ3n) is 1.98. The predicted octanol–water partition coefficient (Wildman–Crippen LogP) is 5.96. The Bertz CT molecular complexity index is 129. The zero-order valence-electron chi connectivity index (χ0n) is 14.9. The molecule has 2 nitrogen and oxygen atoms in total. The Hall–Kier alpha value is 2.00. The van der Waals surface area contributed by atoms with Gasteiger partial charge in [-0.2, -0.15) is 0 Å². The molecule has 0 aromatic carbocycles. The minimum absolute atomic E-state index is 0. The van der Waals surface area contributed by atoms with E-state index in [9.17, 15) is 0 Å². The molecule has 0 bridgehead atoms. The van der Waals surface area contributed by atoms with E-state index in [0.717, 1.165) is 49.9 Å². The van der Waals surface area contributed by atoms with Crippen molar-refractivity contribution in [2.24, 2.45) is 23.7 Å². The molecule has 0 aromatic heterocycles. The van der Waals surface area contributed by atoms with Crippen LogP contribution in [0.4, 0.5) is 0 Å². The summed E-state index contributed by atoms with van der Waals surface area (Å²) in [6, 6.07) is 0. The molecule has 0 aliphatic rings. The van der Waals surface area contributed by atoms with E-state index in [1.54, 1.807) is 0 Å². The Kier molecular flexibility index (Phi) is 31.4. The summed E-state index contributed by atoms with van der Waals surface area (Å²) in [4.78, 5) is 0. The monoisotopic (exact) mass is 526 g/mol. The smallest absolute Gasteiger partial charge is 0 e. The Labute approximate surface area is 178 Å². The van der Waals surface area contributed by atoms with Gasteiger partial charge in [0.15, 0.2) is 0 Å². The third-order valence-corrected chi connectivity index (χ3v) is 1.98. The van der Waals surface area contributed by atoms with Crippen molar-refractivity contribution in [1.82, 2.24) is 0 Å². The maximum absolute atomic E-state index is 4.37. The summed E-state index contributed by atoms with van der Waals surface area (Å²) in [5.74, 6) is 2.90. The van der Waals surface area contributed by atoms with E-state index in [0.29, 0.717) is 0 Å². The number of rotatable bonds is 8. The van der Waals surface area contributed by atoms with E-state index in [4.69, 9.17) is 0 Å². The van der Waals surface area contributed by atoms with Crippen LogP contribution >= 0.6 is 24.0 Å². The Balaban J connectivity index is -0.000000116. The molecule has 0 heterocycles. The van der Waals surface area contributed by atoms with Crippen molar-refractivity contribution in [3.8, 4) is 0 Å². The van der Waals surface area contributed by atoms with E-state index in [1.807, 2.05) is 0 Å². The van der Waals surface area contributed by atoms with Crippen LogP contribution in [0.25, 0.3) is 10.6 Å². The molecule has 4 heteroatoms. The van der Waals surface area contributed by atoms with Gasteiger partial charge in [-0.25, -0.2) is 0 Å². The van der Waals surface area contributed by atoms with Crippen molar-refractivity contribution in [3.63, 3.8) is 0 Å². The van der Waals surface area contributed by atoms with E-state index < -0.39 is 0 Å². The molecule has 0 aliphatic carbocycles. The SMILES string of the molecule is CC(C)C[N-]CC(C)C.CC(C)C[N-]CC(C)C.I.[Nd]. The first-order valence-electron chi connectivity index (χ1n) is 7.52. The maximum atomic E-state index is 4.37. The fourth-order valence-corrected chi connectivity index (χ4v) is 1.18. The molecule has 0 unspecified atom stereocenters. The molecule has 0 saturated heterocycles. The van der Waals surface area contributed by atoms with Crippen LogP contribution in [-0.4, -0.2) is 26.2 Å². The van der Waals surface area contributed by atoms with Crippen LogP contribution < -0.4 is 0 Å². The number of halogens is 1. The van der Waals surface area contributed by atoms with Gasteiger partial charge in [-0.1, -0.05) is 79.1 Å². The first kappa shape index (κ1) is 29.9. The van der Waals surface area contributed by atoms with Crippen molar-refractivity contribution in [1.29, 1.82) is 0 Å². The molecule has 0 amide bonds. The van der Waals surface area contributed by atoms with Crippen LogP contribution in [0.2, 0.25) is 0 Å². The molecular formula is C16H37IN2Nd-2. The summed E-state index contributed by atoms with van der Waals surface area (Å²) in [7, 11) is 0. The maximum Gasteiger partial charge on any atom is 0 e. The molecule has 0 N–H and O–H groups in total. The molecule has 0 atom stereocenters. The van der Waals surface area contributed by atoms with Gasteiger partial charge in [0, 0.05) is 40.8 Å². The zero-order valence-corrected chi connectivity index (χ0v) is 20.5. The van der Waals surface area contributed by atoms with Crippen LogP contribution in [0.3, 0.4) is 0 Å². The number of hydrogen-bond acceptors (Lipinski definition) is 0. The van der Waals surface area contributed by atoms with Gasteiger partial charge in [-0.3, -0.25) is 0 Å². The Morgan fingerprint density at radius 2 is 0.650 bits per heavy atom. The molecule has 20 heavy (non-hydrogen) atoms. The van der Waals surface area contributed by atoms with E-state index in [2.05, 4.69) is 66.0 Å². The minimum atomic E-state index is 0. The molecule has 0 aromatic rings. The quantitative estimate of drug-likeness (QED) is 0.348. The van der Waals surface area contributed by atoms with Gasteiger partial charge >= 0.3 is 0 Å². The second-order valence-electron chi connectivity index (χ2n) is 6.75. The van der Waals surface area contributed by atoms with Gasteiger partial charge in [0.05, 0.1) is 0 Å². The molecule has 0 saturated carbocycles. The molecular weight excluding hydrogens is 491 g/mol. The van der Waals surface area contributed by atoms with Gasteiger partial charge in [0.2, 0.25) is 0 Å². The minimum Gasteiger partial charge on any atom is -0.662 e. The predicted molar refractivity (Wildman–Crippen MR) is 101 cm³/mol. The second-order valence-corrected chi connectivity index (χ2v) is 6.75. The fraction of sp³-hybridized carbons (Fsp3) is 1.00. The van der Waals surface area contributed by atoms with Crippen LogP contribution in [0.1, 0.15) is 55.4 Å². The fourth-order valence-electron chi connectivity index (χ4n) is 1.18. The average Bonchev–Trinajstić information content (AvgIpc) is 2.15. The zero-order chi connectivity index (χ0) is 14.6. The van der Waals surface area contributed by atoms with Gasteiger partial charge in [-0.15, -0.1) is 50.2 Å². The molecule has 0 radical (unpaired) electrons. The van der Waals surface area contributed by atoms with Crippen molar-refractivity contribution in [2.45, 2.75) is 55.4 Å². The summed E-state index contributed by atoms with van der Waals surface area (Å²) < 4.78 is 0. The van der Waals surface area contributed by atoms with Gasteiger partial charge in [-0.05, 0) is 0 Å². The molecule has 0 spiro atoms. The van der Waals surface area contributed by atoms with E-state index >= 15 is 0 Å². The standard InChI is InChI=1S/2C8H18N.HI.Nd/c2*1-7(2)5-9-6-8(3)4;;/h2*7-8H,5-6H2,1-4H3;1H;/q2*-1;;. The number of nitrogens with zero attached hydrogens (tertiary/aromatic N) is 2. The van der Waals surface area contributed by atoms with E-state index in [1.165, 1.54) is 0 Å². The molecule has 0 fully saturated rings. The summed E-state index contributed by atoms with van der Waals surface area (Å²) in [5, 5.41) is 8.74. The van der Waals surface area contributed by atoms with Crippen LogP contribution in [-0.2, 0) is 0 Å². The molecule has 0 rings (SSSR count). The summed E-state index contributed by atoms with van der Waals surface area (Å²) >= 11 is 0. The van der Waals surface area contributed by atoms with Crippen molar-refractivity contribution in [3.05, 3.63) is 10.6 Å². The largest absolute Gasteiger partial charge is 0.662 e. The summed E-state index contributed by atoms with van der Waals surface area (Å²) in [6.07, 6.45) is 0. The van der Waals surface area contributed by atoms with E-state index in [-0.39, 0.29) is 64.8 Å². The van der Waals surface area contributed by atoms with Crippen LogP contribution in [0.15, 0.2) is 0 Å². The summed E-state index contributed by atoms with van der Waals surface area (Å²) in [6.45, 7) is 21.7. The Morgan fingerprint density at radius 3 is 0.750 bits per heavy atom. The van der Waals surface area contributed by atoms with Gasteiger partial charge < -0.3 is 10.6 Å². The number of hydrogen-bond donors (Lipinski definition) is 0. The van der Waals surface area contributed by atoms with Crippen molar-refractivity contribution < 1.29 is 40.8 Å². The van der Waals surface area contributed by atoms with Crippen molar-refractivity contribution >= 4 is 24.0 Å². The Morgan fingerprint density at radius 1 is 0.500 bits per heavy atom. The first-order valence-corrected chi connectivity index (χ1v) is 7.52. The van der Waals surface area contributed by atoms with Crippen LogP contribution in [0.5, 0.6) is 0 Å². The third kappa shape index (κ3) is 36.8. The van der Waals surface area contributed by atoms with Gasteiger partial charge in [0.25, 0.3) is 0 Å². The van der Waals surface area contributed by atoms with Crippen molar-refractivity contribution in [2.75, 3.05) is 26.2 Å². The first-order chi connectivity index (χ1) is 8.25. The topological polar surface area (TPSA) is 28.2 Å².